The van der Waals surface area contributed by atoms with Gasteiger partial charge in [-0.25, -0.2) is 4.39 Å². The molecule has 0 amide bonds. The fraction of sp³-hybridized carbons (Fsp3) is 0.400. The Hall–Kier alpha value is -1.05. The quantitative estimate of drug-likeness (QED) is 0.729. The number of hydrogen-bond acceptors (Lipinski definition) is 1. The predicted molar refractivity (Wildman–Crippen MR) is 49.9 cm³/mol. The van der Waals surface area contributed by atoms with E-state index >= 15 is 0 Å². The van der Waals surface area contributed by atoms with Crippen molar-refractivity contribution in [3.05, 3.63) is 29.6 Å². The monoisotopic (exact) mass is 167 g/mol. The fourth-order valence-corrected chi connectivity index (χ4v) is 1.06. The molecular weight excluding hydrogens is 153 g/mol. The Morgan fingerprint density at radius 1 is 1.42 bits per heavy atom. The minimum atomic E-state index is -0.142. The topological polar surface area (TPSA) is 12.0 Å². The van der Waals surface area contributed by atoms with Gasteiger partial charge in [0.1, 0.15) is 5.82 Å². The molecule has 1 aromatic rings. The highest BCUT2D eigenvalue weighted by Gasteiger charge is 2.00. The first-order chi connectivity index (χ1) is 5.75. The Morgan fingerprint density at radius 2 is 2.17 bits per heavy atom. The van der Waals surface area contributed by atoms with Crippen LogP contribution in [0.1, 0.15) is 18.9 Å². The van der Waals surface area contributed by atoms with Gasteiger partial charge < -0.3 is 5.32 Å². The second-order valence-electron chi connectivity index (χ2n) is 2.84. The molecule has 0 saturated carbocycles. The zero-order chi connectivity index (χ0) is 8.97. The maximum Gasteiger partial charge on any atom is 0.128 e. The van der Waals surface area contributed by atoms with Crippen molar-refractivity contribution < 1.29 is 4.39 Å². The van der Waals surface area contributed by atoms with Crippen LogP contribution in [0.15, 0.2) is 18.2 Å². The Morgan fingerprint density at radius 3 is 2.83 bits per heavy atom. The van der Waals surface area contributed by atoms with Crippen LogP contribution in [0.3, 0.4) is 0 Å². The summed E-state index contributed by atoms with van der Waals surface area (Å²) in [5.41, 5.74) is 1.60. The Kier molecular flexibility index (Phi) is 3.09. The molecule has 0 aliphatic rings. The van der Waals surface area contributed by atoms with Crippen molar-refractivity contribution in [3.8, 4) is 0 Å². The minimum Gasteiger partial charge on any atom is -0.385 e. The summed E-state index contributed by atoms with van der Waals surface area (Å²) in [6.07, 6.45) is 1.05. The number of halogens is 1. The number of nitrogens with one attached hydrogen (secondary N) is 1. The van der Waals surface area contributed by atoms with E-state index in [2.05, 4.69) is 12.2 Å². The van der Waals surface area contributed by atoms with Crippen LogP contribution in [0.4, 0.5) is 10.1 Å². The van der Waals surface area contributed by atoms with Crippen molar-refractivity contribution in [2.75, 3.05) is 11.9 Å². The molecule has 12 heavy (non-hydrogen) atoms. The lowest BCUT2D eigenvalue weighted by atomic mass is 10.2. The smallest absolute Gasteiger partial charge is 0.128 e. The summed E-state index contributed by atoms with van der Waals surface area (Å²) in [5, 5.41) is 3.16. The molecule has 0 spiro atoms. The van der Waals surface area contributed by atoms with E-state index in [9.17, 15) is 4.39 Å². The maximum atomic E-state index is 13.0. The van der Waals surface area contributed by atoms with E-state index in [-0.39, 0.29) is 5.82 Å². The van der Waals surface area contributed by atoms with E-state index in [0.717, 1.165) is 18.7 Å². The highest BCUT2D eigenvalue weighted by molar-refractivity contribution is 5.50. The van der Waals surface area contributed by atoms with Crippen LogP contribution in [-0.2, 0) is 0 Å². The van der Waals surface area contributed by atoms with Gasteiger partial charge in [0.2, 0.25) is 0 Å². The van der Waals surface area contributed by atoms with Gasteiger partial charge in [-0.15, -0.1) is 0 Å². The lowest BCUT2D eigenvalue weighted by Crippen LogP contribution is -2.02. The van der Waals surface area contributed by atoms with Crippen LogP contribution >= 0.6 is 0 Å². The Bertz CT molecular complexity index is 258. The van der Waals surface area contributed by atoms with Crippen LogP contribution in [0, 0.1) is 12.7 Å². The first-order valence-corrected chi connectivity index (χ1v) is 4.24. The first kappa shape index (κ1) is 9.04. The van der Waals surface area contributed by atoms with Gasteiger partial charge in [-0.05, 0) is 25.5 Å². The van der Waals surface area contributed by atoms with Gasteiger partial charge in [0, 0.05) is 17.8 Å². The van der Waals surface area contributed by atoms with Gasteiger partial charge in [-0.2, -0.15) is 0 Å². The first-order valence-electron chi connectivity index (χ1n) is 4.24. The molecule has 1 nitrogen and oxygen atoms in total. The van der Waals surface area contributed by atoms with Gasteiger partial charge in [-0.3, -0.25) is 0 Å². The molecule has 1 N–H and O–H groups in total. The van der Waals surface area contributed by atoms with Crippen LogP contribution in [0.5, 0.6) is 0 Å². The fourth-order valence-electron chi connectivity index (χ4n) is 1.06. The van der Waals surface area contributed by atoms with Gasteiger partial charge in [0.25, 0.3) is 0 Å². The summed E-state index contributed by atoms with van der Waals surface area (Å²) < 4.78 is 13.0. The number of benzene rings is 1. The Balaban J connectivity index is 2.78. The zero-order valence-corrected chi connectivity index (χ0v) is 7.52. The van der Waals surface area contributed by atoms with Crippen LogP contribution in [-0.4, -0.2) is 6.54 Å². The third-order valence-electron chi connectivity index (χ3n) is 1.83. The third-order valence-corrected chi connectivity index (χ3v) is 1.83. The maximum absolute atomic E-state index is 13.0. The molecule has 0 saturated heterocycles. The van der Waals surface area contributed by atoms with E-state index in [1.165, 1.54) is 6.07 Å². The minimum absolute atomic E-state index is 0.142. The second-order valence-corrected chi connectivity index (χ2v) is 2.84. The molecule has 0 aromatic heterocycles. The SMILES string of the molecule is CCCNc1cccc(F)c1C. The molecule has 2 heteroatoms. The van der Waals surface area contributed by atoms with Crippen molar-refractivity contribution in [3.63, 3.8) is 0 Å². The second kappa shape index (κ2) is 4.10. The molecule has 0 bridgehead atoms. The van der Waals surface area contributed by atoms with Crippen molar-refractivity contribution in [1.82, 2.24) is 0 Å². The van der Waals surface area contributed by atoms with Gasteiger partial charge in [0.15, 0.2) is 0 Å². The predicted octanol–water partition coefficient (Wildman–Crippen LogP) is 2.96. The molecule has 0 fully saturated rings. The molecule has 0 atom stereocenters. The van der Waals surface area contributed by atoms with Gasteiger partial charge in [0.05, 0.1) is 0 Å². The molecule has 1 rings (SSSR count). The third kappa shape index (κ3) is 1.97. The molecule has 0 heterocycles. The van der Waals surface area contributed by atoms with Crippen LogP contribution in [0.2, 0.25) is 0 Å². The van der Waals surface area contributed by atoms with Crippen LogP contribution in [0.25, 0.3) is 0 Å². The van der Waals surface area contributed by atoms with Gasteiger partial charge >= 0.3 is 0 Å². The summed E-state index contributed by atoms with van der Waals surface area (Å²) in [6, 6.07) is 5.10. The zero-order valence-electron chi connectivity index (χ0n) is 7.52. The summed E-state index contributed by atoms with van der Waals surface area (Å²) in [5.74, 6) is -0.142. The normalized spacial score (nSPS) is 9.92. The largest absolute Gasteiger partial charge is 0.385 e. The lowest BCUT2D eigenvalue weighted by molar-refractivity contribution is 0.619. The number of hydrogen-bond donors (Lipinski definition) is 1. The number of anilines is 1. The van der Waals surface area contributed by atoms with Crippen LogP contribution < -0.4 is 5.32 Å². The molecule has 0 aliphatic carbocycles. The lowest BCUT2D eigenvalue weighted by Gasteiger charge is -2.07. The van der Waals surface area contributed by atoms with E-state index in [0.29, 0.717) is 5.56 Å². The molecular formula is C10H14FN. The summed E-state index contributed by atoms with van der Waals surface area (Å²) in [4.78, 5) is 0. The van der Waals surface area contributed by atoms with Crippen molar-refractivity contribution in [1.29, 1.82) is 0 Å². The van der Waals surface area contributed by atoms with Crippen molar-refractivity contribution >= 4 is 5.69 Å². The highest BCUT2D eigenvalue weighted by Crippen LogP contribution is 2.16. The van der Waals surface area contributed by atoms with E-state index in [4.69, 9.17) is 0 Å². The van der Waals surface area contributed by atoms with E-state index in [1.807, 2.05) is 6.07 Å². The average Bonchev–Trinajstić information content (AvgIpc) is 2.08. The molecule has 0 unspecified atom stereocenters. The molecule has 0 radical (unpaired) electrons. The summed E-state index contributed by atoms with van der Waals surface area (Å²) >= 11 is 0. The molecule has 66 valence electrons. The average molecular weight is 167 g/mol. The standard InChI is InChI=1S/C10H14FN/c1-3-7-12-10-6-4-5-9(11)8(10)2/h4-6,12H,3,7H2,1-2H3. The van der Waals surface area contributed by atoms with Gasteiger partial charge in [-0.1, -0.05) is 13.0 Å². The summed E-state index contributed by atoms with van der Waals surface area (Å²) in [6.45, 7) is 4.76. The molecule has 1 aromatic carbocycles. The number of rotatable bonds is 3. The van der Waals surface area contributed by atoms with E-state index < -0.39 is 0 Å². The van der Waals surface area contributed by atoms with E-state index in [1.54, 1.807) is 13.0 Å². The highest BCUT2D eigenvalue weighted by atomic mass is 19.1. The Labute approximate surface area is 72.6 Å². The van der Waals surface area contributed by atoms with Crippen molar-refractivity contribution in [2.24, 2.45) is 0 Å². The van der Waals surface area contributed by atoms with Crippen molar-refractivity contribution in [2.45, 2.75) is 20.3 Å². The molecule has 0 aliphatic heterocycles. The summed E-state index contributed by atoms with van der Waals surface area (Å²) in [7, 11) is 0.